The topological polar surface area (TPSA) is 51.2 Å². The lowest BCUT2D eigenvalue weighted by Crippen LogP contribution is -2.27. The fourth-order valence-corrected chi connectivity index (χ4v) is 1.45. The van der Waals surface area contributed by atoms with Gasteiger partial charge in [-0.2, -0.15) is 0 Å². The molecular weight excluding hydrogens is 176 g/mol. The smallest absolute Gasteiger partial charge is 0.122 e. The highest BCUT2D eigenvalue weighted by Crippen LogP contribution is 2.21. The van der Waals surface area contributed by atoms with Crippen molar-refractivity contribution in [3.8, 4) is 0 Å². The lowest BCUT2D eigenvalue weighted by Gasteiger charge is -2.14. The number of hydrogen-bond donors (Lipinski definition) is 2. The van der Waals surface area contributed by atoms with E-state index in [0.29, 0.717) is 5.92 Å². The molecule has 0 aliphatic heterocycles. The molecule has 3 heteroatoms. The molecule has 0 aromatic carbocycles. The molecule has 1 rings (SSSR count). The molecule has 3 N–H and O–H groups in total. The maximum absolute atomic E-state index is 5.53. The Labute approximate surface area is 85.6 Å². The van der Waals surface area contributed by atoms with Crippen LogP contribution in [0.2, 0.25) is 0 Å². The number of furan rings is 1. The largest absolute Gasteiger partial charge is 0.465 e. The van der Waals surface area contributed by atoms with E-state index in [1.807, 2.05) is 19.1 Å². The van der Waals surface area contributed by atoms with Gasteiger partial charge in [-0.1, -0.05) is 13.8 Å². The van der Waals surface area contributed by atoms with Crippen molar-refractivity contribution in [1.82, 2.24) is 5.43 Å². The van der Waals surface area contributed by atoms with Gasteiger partial charge in [-0.3, -0.25) is 5.84 Å². The van der Waals surface area contributed by atoms with Gasteiger partial charge in [0.25, 0.3) is 0 Å². The maximum atomic E-state index is 5.53. The zero-order valence-electron chi connectivity index (χ0n) is 9.21. The molecule has 0 aliphatic rings. The minimum atomic E-state index is 0.145. The summed E-state index contributed by atoms with van der Waals surface area (Å²) in [6.07, 6.45) is 2.16. The average Bonchev–Trinajstić information content (AvgIpc) is 2.53. The highest BCUT2D eigenvalue weighted by molar-refractivity contribution is 5.09. The molecule has 0 saturated carbocycles. The molecule has 0 spiro atoms. The Balaban J connectivity index is 2.54. The molecule has 80 valence electrons. The Morgan fingerprint density at radius 2 is 2.07 bits per heavy atom. The minimum Gasteiger partial charge on any atom is -0.465 e. The van der Waals surface area contributed by atoms with Crippen LogP contribution in [0.3, 0.4) is 0 Å². The van der Waals surface area contributed by atoms with Crippen molar-refractivity contribution in [2.45, 2.75) is 39.7 Å². The predicted molar refractivity (Wildman–Crippen MR) is 57.6 cm³/mol. The lowest BCUT2D eigenvalue weighted by molar-refractivity contribution is 0.368. The second-order valence-electron chi connectivity index (χ2n) is 4.14. The first kappa shape index (κ1) is 11.3. The van der Waals surface area contributed by atoms with Gasteiger partial charge in [-0.25, -0.2) is 5.43 Å². The molecule has 14 heavy (non-hydrogen) atoms. The van der Waals surface area contributed by atoms with Crippen molar-refractivity contribution < 1.29 is 4.42 Å². The molecule has 1 aromatic rings. The minimum absolute atomic E-state index is 0.145. The van der Waals surface area contributed by atoms with Crippen LogP contribution in [0.5, 0.6) is 0 Å². The van der Waals surface area contributed by atoms with E-state index in [1.54, 1.807) is 0 Å². The maximum Gasteiger partial charge on any atom is 0.122 e. The van der Waals surface area contributed by atoms with Gasteiger partial charge >= 0.3 is 0 Å². The fourth-order valence-electron chi connectivity index (χ4n) is 1.45. The molecule has 0 radical (unpaired) electrons. The molecule has 0 fully saturated rings. The van der Waals surface area contributed by atoms with Crippen LogP contribution in [0, 0.1) is 12.8 Å². The molecule has 0 amide bonds. The molecule has 1 atom stereocenters. The Morgan fingerprint density at radius 1 is 1.36 bits per heavy atom. The SMILES string of the molecule is Cc1ccc(C(CCC(C)C)NN)o1. The van der Waals surface area contributed by atoms with Gasteiger partial charge < -0.3 is 4.42 Å². The first-order valence-corrected chi connectivity index (χ1v) is 5.16. The molecule has 1 unspecified atom stereocenters. The quantitative estimate of drug-likeness (QED) is 0.562. The standard InChI is InChI=1S/C11H20N2O/c1-8(2)4-6-10(13-12)11-7-5-9(3)14-11/h5,7-8,10,13H,4,6,12H2,1-3H3. The van der Waals surface area contributed by atoms with Crippen LogP contribution in [0.25, 0.3) is 0 Å². The van der Waals surface area contributed by atoms with Crippen LogP contribution in [-0.4, -0.2) is 0 Å². The summed E-state index contributed by atoms with van der Waals surface area (Å²) < 4.78 is 5.53. The van der Waals surface area contributed by atoms with Crippen molar-refractivity contribution in [2.75, 3.05) is 0 Å². The van der Waals surface area contributed by atoms with Crippen LogP contribution >= 0.6 is 0 Å². The molecule has 0 saturated heterocycles. The number of nitrogens with one attached hydrogen (secondary N) is 1. The summed E-state index contributed by atoms with van der Waals surface area (Å²) in [5.41, 5.74) is 2.79. The summed E-state index contributed by atoms with van der Waals surface area (Å²) in [5, 5.41) is 0. The fraction of sp³-hybridized carbons (Fsp3) is 0.636. The summed E-state index contributed by atoms with van der Waals surface area (Å²) in [6, 6.07) is 4.10. The third-order valence-corrected chi connectivity index (χ3v) is 2.34. The van der Waals surface area contributed by atoms with E-state index in [0.717, 1.165) is 24.4 Å². The highest BCUT2D eigenvalue weighted by Gasteiger charge is 2.13. The van der Waals surface area contributed by atoms with Gasteiger partial charge in [0.15, 0.2) is 0 Å². The van der Waals surface area contributed by atoms with Crippen LogP contribution in [0.4, 0.5) is 0 Å². The first-order valence-electron chi connectivity index (χ1n) is 5.16. The average molecular weight is 196 g/mol. The van der Waals surface area contributed by atoms with E-state index in [4.69, 9.17) is 10.3 Å². The first-order chi connectivity index (χ1) is 6.63. The van der Waals surface area contributed by atoms with Crippen LogP contribution < -0.4 is 11.3 Å². The number of hydrazine groups is 1. The Hall–Kier alpha value is -0.800. The lowest BCUT2D eigenvalue weighted by atomic mass is 10.0. The Kier molecular flexibility index (Phi) is 4.17. The van der Waals surface area contributed by atoms with Crippen LogP contribution in [-0.2, 0) is 0 Å². The molecular formula is C11H20N2O. The number of rotatable bonds is 5. The molecule has 0 aliphatic carbocycles. The van der Waals surface area contributed by atoms with E-state index >= 15 is 0 Å². The summed E-state index contributed by atoms with van der Waals surface area (Å²) in [5.74, 6) is 8.06. The van der Waals surface area contributed by atoms with Crippen LogP contribution in [0.15, 0.2) is 16.5 Å². The number of hydrogen-bond acceptors (Lipinski definition) is 3. The van der Waals surface area contributed by atoms with Crippen LogP contribution in [0.1, 0.15) is 44.3 Å². The predicted octanol–water partition coefficient (Wildman–Crippen LogP) is 2.53. The van der Waals surface area contributed by atoms with Gasteiger partial charge in [0.1, 0.15) is 11.5 Å². The zero-order valence-corrected chi connectivity index (χ0v) is 9.21. The Bertz CT molecular complexity index is 268. The summed E-state index contributed by atoms with van der Waals surface area (Å²) in [7, 11) is 0. The van der Waals surface area contributed by atoms with Crippen molar-refractivity contribution in [3.63, 3.8) is 0 Å². The van der Waals surface area contributed by atoms with Crippen molar-refractivity contribution in [3.05, 3.63) is 23.7 Å². The van der Waals surface area contributed by atoms with Crippen molar-refractivity contribution >= 4 is 0 Å². The molecule has 0 bridgehead atoms. The second-order valence-corrected chi connectivity index (χ2v) is 4.14. The van der Waals surface area contributed by atoms with Gasteiger partial charge in [0.05, 0.1) is 6.04 Å². The summed E-state index contributed by atoms with van der Waals surface area (Å²) in [4.78, 5) is 0. The summed E-state index contributed by atoms with van der Waals surface area (Å²) in [6.45, 7) is 6.36. The van der Waals surface area contributed by atoms with E-state index in [1.165, 1.54) is 0 Å². The molecule has 1 heterocycles. The molecule has 3 nitrogen and oxygen atoms in total. The van der Waals surface area contributed by atoms with Gasteiger partial charge in [-0.15, -0.1) is 0 Å². The number of nitrogens with two attached hydrogens (primary N) is 1. The van der Waals surface area contributed by atoms with Crippen molar-refractivity contribution in [1.29, 1.82) is 0 Å². The third-order valence-electron chi connectivity index (χ3n) is 2.34. The Morgan fingerprint density at radius 3 is 2.50 bits per heavy atom. The third kappa shape index (κ3) is 3.16. The van der Waals surface area contributed by atoms with E-state index in [2.05, 4.69) is 19.3 Å². The second kappa shape index (κ2) is 5.17. The van der Waals surface area contributed by atoms with E-state index in [-0.39, 0.29) is 6.04 Å². The van der Waals surface area contributed by atoms with Crippen molar-refractivity contribution in [2.24, 2.45) is 11.8 Å². The van der Waals surface area contributed by atoms with E-state index in [9.17, 15) is 0 Å². The summed E-state index contributed by atoms with van der Waals surface area (Å²) >= 11 is 0. The molecule has 1 aromatic heterocycles. The monoisotopic (exact) mass is 196 g/mol. The highest BCUT2D eigenvalue weighted by atomic mass is 16.3. The van der Waals surface area contributed by atoms with Gasteiger partial charge in [0.2, 0.25) is 0 Å². The van der Waals surface area contributed by atoms with E-state index < -0.39 is 0 Å². The zero-order chi connectivity index (χ0) is 10.6. The normalized spacial score (nSPS) is 13.5. The van der Waals surface area contributed by atoms with Gasteiger partial charge in [-0.05, 0) is 37.8 Å². The van der Waals surface area contributed by atoms with Gasteiger partial charge in [0, 0.05) is 0 Å². The number of aryl methyl sites for hydroxylation is 1.